The van der Waals surface area contributed by atoms with Gasteiger partial charge in [0.05, 0.1) is 0 Å². The summed E-state index contributed by atoms with van der Waals surface area (Å²) in [6.07, 6.45) is -2.71. The number of benzene rings is 4. The fourth-order valence-corrected chi connectivity index (χ4v) is 8.30. The molecule has 0 saturated heterocycles. The van der Waals surface area contributed by atoms with Gasteiger partial charge in [0, 0.05) is 0 Å². The molecule has 0 saturated carbocycles. The van der Waals surface area contributed by atoms with E-state index in [1.807, 2.05) is 42.6 Å². The van der Waals surface area contributed by atoms with Gasteiger partial charge in [0.2, 0.25) is 0 Å². The van der Waals surface area contributed by atoms with E-state index in [0.29, 0.717) is 22.7 Å². The predicted octanol–water partition coefficient (Wildman–Crippen LogP) is 10.9. The van der Waals surface area contributed by atoms with Crippen LogP contribution in [0, 0.1) is 12.1 Å². The molecule has 7 rings (SSSR count). The molecule has 0 bridgehead atoms. The molecule has 0 radical (unpaired) electrons. The summed E-state index contributed by atoms with van der Waals surface area (Å²) in [6.45, 7) is 6.49. The Morgan fingerprint density at radius 3 is 2.12 bits per heavy atom. The molecule has 2 aromatic heterocycles. The van der Waals surface area contributed by atoms with Crippen molar-refractivity contribution in [2.75, 3.05) is 0 Å². The second-order valence-electron chi connectivity index (χ2n) is 14.1. The minimum atomic E-state index is -4.52. The van der Waals surface area contributed by atoms with Gasteiger partial charge in [0.25, 0.3) is 0 Å². The molecule has 0 fully saturated rings. The minimum Gasteiger partial charge on any atom is 2.00 e. The molecule has 48 heavy (non-hydrogen) atoms. The molecule has 0 unspecified atom stereocenters. The Balaban J connectivity index is 0.00000401. The zero-order valence-corrected chi connectivity index (χ0v) is 31.8. The first kappa shape index (κ1) is 34.1. The molecule has 0 atom stereocenters. The smallest absolute Gasteiger partial charge is 2.00 e. The molecule has 4 aromatic carbocycles. The van der Waals surface area contributed by atoms with Gasteiger partial charge in [-0.25, -0.2) is 0 Å². The van der Waals surface area contributed by atoms with Crippen LogP contribution in [0.5, 0.6) is 11.5 Å². The van der Waals surface area contributed by atoms with Crippen LogP contribution >= 0.6 is 0 Å². The van der Waals surface area contributed by atoms with Crippen LogP contribution in [0.3, 0.4) is 0 Å². The third kappa shape index (κ3) is 6.49. The van der Waals surface area contributed by atoms with Crippen molar-refractivity contribution >= 4 is 28.4 Å². The molecule has 3 nitrogen and oxygen atoms in total. The van der Waals surface area contributed by atoms with Gasteiger partial charge in [0.15, 0.2) is 0 Å². The van der Waals surface area contributed by atoms with Crippen LogP contribution in [0.25, 0.3) is 55.7 Å². The van der Waals surface area contributed by atoms with E-state index in [1.54, 1.807) is 0 Å². The number of pyridine rings is 2. The molecule has 1 aliphatic rings. The Bertz CT molecular complexity index is 2190. The van der Waals surface area contributed by atoms with E-state index in [-0.39, 0.29) is 32.2 Å². The van der Waals surface area contributed by atoms with Gasteiger partial charge in [-0.1, -0.05) is 30.3 Å². The number of aromatic nitrogens is 2. The van der Waals surface area contributed by atoms with E-state index in [1.165, 1.54) is 4.40 Å². The topological polar surface area (TPSA) is 35.0 Å². The van der Waals surface area contributed by atoms with Crippen LogP contribution in [-0.2, 0) is 32.7 Å². The zero-order valence-electron chi connectivity index (χ0n) is 27.4. The van der Waals surface area contributed by atoms with Crippen LogP contribution in [-0.4, -0.2) is 23.2 Å². The number of fused-ring (bicyclic) bond motifs is 2. The third-order valence-corrected chi connectivity index (χ3v) is 12.8. The van der Waals surface area contributed by atoms with E-state index in [9.17, 15) is 13.2 Å². The van der Waals surface area contributed by atoms with Gasteiger partial charge in [-0.2, -0.15) is 0 Å². The van der Waals surface area contributed by atoms with Crippen LogP contribution in [0.15, 0.2) is 91.1 Å². The largest absolute Gasteiger partial charge is 2.00 e. The molecule has 244 valence electrons. The molecular weight excluding hydrogens is 849 g/mol. The van der Waals surface area contributed by atoms with Crippen molar-refractivity contribution in [2.45, 2.75) is 49.6 Å². The Hall–Kier alpha value is -3.74. The molecule has 3 heterocycles. The first-order chi connectivity index (χ1) is 22.1. The summed E-state index contributed by atoms with van der Waals surface area (Å²) in [5.41, 5.74) is 6.28. The van der Waals surface area contributed by atoms with Crippen molar-refractivity contribution in [1.82, 2.24) is 9.97 Å². The van der Waals surface area contributed by atoms with Gasteiger partial charge in [-0.15, -0.1) is 0 Å². The maximum Gasteiger partial charge on any atom is 2.00 e. The Morgan fingerprint density at radius 2 is 1.46 bits per heavy atom. The van der Waals surface area contributed by atoms with Crippen LogP contribution < -0.4 is 9.13 Å². The van der Waals surface area contributed by atoms with Crippen LogP contribution in [0.1, 0.15) is 31.9 Å². The van der Waals surface area contributed by atoms with E-state index in [2.05, 4.69) is 86.6 Å². The number of rotatable bonds is 4. The van der Waals surface area contributed by atoms with Gasteiger partial charge < -0.3 is 0 Å². The van der Waals surface area contributed by atoms with Crippen molar-refractivity contribution < 1.29 is 39.0 Å². The SMILES string of the molecule is CC(C)(C)c1cc(-c2cc(-c3ccccc3)ccn2)[c-]c(-c2cc3c[c]([Ge]([CH3])([CH3])[CH3])cc4c3c(n2)-c2[c-]cc(C(F)(F)F)cc2O4)c1.[Pt+2]. The standard InChI is InChI=1S/C40H33F3GeN2O.Pt/c1-39(2,3)30-17-26(33-20-25(14-15-45-33)24-10-8-7-9-11-24)16-27(18-30)34-21-28-19-31(44(4,5)6)23-36-37(28)38(46-34)32-13-12-29(40(41,42)43)22-35(32)47-36;/h7-12,14-15,17-23H,1-6H3;/q-2;+2. The molecule has 0 amide bonds. The van der Waals surface area contributed by atoms with Crippen molar-refractivity contribution in [3.8, 4) is 56.4 Å². The predicted molar refractivity (Wildman–Crippen MR) is 186 cm³/mol. The summed E-state index contributed by atoms with van der Waals surface area (Å²) in [6, 6.07) is 33.2. The van der Waals surface area contributed by atoms with Gasteiger partial charge in [-0.05, 0) is 0 Å². The average molecular weight is 882 g/mol. The zero-order chi connectivity index (χ0) is 33.3. The Morgan fingerprint density at radius 1 is 0.750 bits per heavy atom. The summed E-state index contributed by atoms with van der Waals surface area (Å²) in [7, 11) is 0. The maximum atomic E-state index is 13.7. The molecular formula is C40H33F3GeN2OPt. The van der Waals surface area contributed by atoms with E-state index < -0.39 is 25.0 Å². The number of alkyl halides is 3. The second-order valence-corrected chi connectivity index (χ2v) is 24.8. The molecule has 0 N–H and O–H groups in total. The number of halogens is 3. The van der Waals surface area contributed by atoms with Crippen molar-refractivity contribution in [2.24, 2.45) is 0 Å². The summed E-state index contributed by atoms with van der Waals surface area (Å²) < 4.78 is 48.6. The molecule has 1 aliphatic heterocycles. The van der Waals surface area contributed by atoms with E-state index >= 15 is 0 Å². The van der Waals surface area contributed by atoms with Gasteiger partial charge in [-0.3, -0.25) is 0 Å². The first-order valence-corrected chi connectivity index (χ1v) is 22.9. The van der Waals surface area contributed by atoms with Gasteiger partial charge >= 0.3 is 267 Å². The normalized spacial score (nSPS) is 12.7. The van der Waals surface area contributed by atoms with Crippen molar-refractivity contribution in [3.05, 3.63) is 114 Å². The van der Waals surface area contributed by atoms with E-state index in [0.717, 1.165) is 56.4 Å². The third-order valence-electron chi connectivity index (χ3n) is 8.60. The van der Waals surface area contributed by atoms with Crippen LogP contribution in [0.2, 0.25) is 17.3 Å². The number of nitrogens with zero attached hydrogens (tertiary/aromatic N) is 2. The second kappa shape index (κ2) is 12.3. The number of hydrogen-bond donors (Lipinski definition) is 0. The fraction of sp³-hybridized carbons (Fsp3) is 0.200. The van der Waals surface area contributed by atoms with Crippen molar-refractivity contribution in [3.63, 3.8) is 0 Å². The summed E-state index contributed by atoms with van der Waals surface area (Å²) in [4.78, 5) is 9.86. The number of hydrogen-bond acceptors (Lipinski definition) is 3. The fourth-order valence-electron chi connectivity index (χ4n) is 5.88. The Kier molecular flexibility index (Phi) is 8.75. The Labute approximate surface area is 296 Å². The molecule has 0 aliphatic carbocycles. The maximum absolute atomic E-state index is 13.7. The monoisotopic (exact) mass is 883 g/mol. The number of ether oxygens (including phenoxy) is 1. The summed E-state index contributed by atoms with van der Waals surface area (Å²) in [5.74, 6) is 7.49. The van der Waals surface area contributed by atoms with Gasteiger partial charge in [0.1, 0.15) is 0 Å². The molecule has 8 heteroatoms. The molecule has 0 spiro atoms. The van der Waals surface area contributed by atoms with Crippen LogP contribution in [0.4, 0.5) is 13.2 Å². The first-order valence-electron chi connectivity index (χ1n) is 15.6. The average Bonchev–Trinajstić information content (AvgIpc) is 3.03. The van der Waals surface area contributed by atoms with E-state index in [4.69, 9.17) is 14.7 Å². The molecule has 6 aromatic rings. The quantitative estimate of drug-likeness (QED) is 0.131. The minimum absolute atomic E-state index is 0. The van der Waals surface area contributed by atoms with Crippen molar-refractivity contribution in [1.29, 1.82) is 0 Å². The summed E-state index contributed by atoms with van der Waals surface area (Å²) >= 11 is -2.41. The summed E-state index contributed by atoms with van der Waals surface area (Å²) in [5, 5.41) is 1.70.